The van der Waals surface area contributed by atoms with Gasteiger partial charge >= 0.3 is 6.18 Å². The Kier molecular flexibility index (Phi) is 3.08. The molecule has 0 aromatic heterocycles. The Labute approximate surface area is 80.1 Å². The summed E-state index contributed by atoms with van der Waals surface area (Å²) < 4.78 is 35.9. The van der Waals surface area contributed by atoms with Gasteiger partial charge in [0.25, 0.3) is 0 Å². The number of nitrogens with zero attached hydrogens (tertiary/aromatic N) is 1. The van der Waals surface area contributed by atoms with Crippen LogP contribution < -0.4 is 0 Å². The van der Waals surface area contributed by atoms with Crippen molar-refractivity contribution in [1.82, 2.24) is 4.90 Å². The third-order valence-electron chi connectivity index (χ3n) is 2.34. The summed E-state index contributed by atoms with van der Waals surface area (Å²) in [5.41, 5.74) is -0.925. The van der Waals surface area contributed by atoms with E-state index in [1.807, 2.05) is 0 Å². The van der Waals surface area contributed by atoms with Crippen molar-refractivity contribution in [1.29, 1.82) is 0 Å². The molecule has 2 N–H and O–H groups in total. The largest absolute Gasteiger partial charge is 0.415 e. The van der Waals surface area contributed by atoms with E-state index >= 15 is 0 Å². The van der Waals surface area contributed by atoms with Crippen LogP contribution in [-0.2, 0) is 0 Å². The van der Waals surface area contributed by atoms with E-state index < -0.39 is 24.4 Å². The van der Waals surface area contributed by atoms with E-state index in [4.69, 9.17) is 5.11 Å². The Morgan fingerprint density at radius 1 is 1.50 bits per heavy atom. The van der Waals surface area contributed by atoms with Gasteiger partial charge in [0.15, 0.2) is 6.10 Å². The summed E-state index contributed by atoms with van der Waals surface area (Å²) in [6.45, 7) is 1.69. The van der Waals surface area contributed by atoms with Crippen molar-refractivity contribution in [2.24, 2.45) is 0 Å². The van der Waals surface area contributed by atoms with Gasteiger partial charge in [-0.15, -0.1) is 0 Å². The SMILES string of the molecule is CC1(O)CCN(CC(O)C(F)(F)F)C1. The summed E-state index contributed by atoms with van der Waals surface area (Å²) in [6.07, 6.45) is -6.46. The van der Waals surface area contributed by atoms with Gasteiger partial charge in [0, 0.05) is 19.6 Å². The van der Waals surface area contributed by atoms with Gasteiger partial charge in [0.1, 0.15) is 0 Å². The molecule has 0 aromatic carbocycles. The Morgan fingerprint density at radius 3 is 2.43 bits per heavy atom. The van der Waals surface area contributed by atoms with Gasteiger partial charge in [-0.05, 0) is 13.3 Å². The fraction of sp³-hybridized carbons (Fsp3) is 1.00. The maximum atomic E-state index is 12.0. The van der Waals surface area contributed by atoms with Gasteiger partial charge in [0.2, 0.25) is 0 Å². The number of halogens is 3. The van der Waals surface area contributed by atoms with Gasteiger partial charge in [-0.1, -0.05) is 0 Å². The number of likely N-dealkylation sites (tertiary alicyclic amines) is 1. The zero-order chi connectivity index (χ0) is 11.0. The Hall–Kier alpha value is -0.330. The van der Waals surface area contributed by atoms with E-state index in [0.29, 0.717) is 13.0 Å². The molecule has 0 aromatic rings. The summed E-state index contributed by atoms with van der Waals surface area (Å²) in [7, 11) is 0. The first kappa shape index (κ1) is 11.7. The van der Waals surface area contributed by atoms with Crippen LogP contribution in [0.15, 0.2) is 0 Å². The number of aliphatic hydroxyl groups excluding tert-OH is 1. The van der Waals surface area contributed by atoms with Gasteiger partial charge < -0.3 is 10.2 Å². The number of aliphatic hydroxyl groups is 2. The molecule has 14 heavy (non-hydrogen) atoms. The molecular formula is C8H14F3NO2. The van der Waals surface area contributed by atoms with E-state index in [2.05, 4.69) is 0 Å². The van der Waals surface area contributed by atoms with Crippen molar-refractivity contribution in [2.75, 3.05) is 19.6 Å². The monoisotopic (exact) mass is 213 g/mol. The maximum absolute atomic E-state index is 12.0. The number of alkyl halides is 3. The fourth-order valence-electron chi connectivity index (χ4n) is 1.54. The van der Waals surface area contributed by atoms with Crippen molar-refractivity contribution < 1.29 is 23.4 Å². The average Bonchev–Trinajstić information content (AvgIpc) is 2.28. The van der Waals surface area contributed by atoms with Crippen LogP contribution in [-0.4, -0.2) is 52.6 Å². The van der Waals surface area contributed by atoms with Crippen molar-refractivity contribution in [2.45, 2.75) is 31.2 Å². The van der Waals surface area contributed by atoms with Crippen molar-refractivity contribution in [3.8, 4) is 0 Å². The molecule has 0 radical (unpaired) electrons. The average molecular weight is 213 g/mol. The normalized spacial score (nSPS) is 32.1. The van der Waals surface area contributed by atoms with E-state index in [9.17, 15) is 18.3 Å². The molecule has 2 unspecified atom stereocenters. The van der Waals surface area contributed by atoms with Gasteiger partial charge in [-0.3, -0.25) is 4.90 Å². The minimum atomic E-state index is -4.57. The second kappa shape index (κ2) is 3.67. The molecule has 0 aliphatic carbocycles. The molecule has 1 saturated heterocycles. The van der Waals surface area contributed by atoms with E-state index in [0.717, 1.165) is 0 Å². The van der Waals surface area contributed by atoms with Crippen molar-refractivity contribution in [3.63, 3.8) is 0 Å². The highest BCUT2D eigenvalue weighted by molar-refractivity contribution is 4.87. The standard InChI is InChI=1S/C8H14F3NO2/c1-7(14)2-3-12(5-7)4-6(13)8(9,10)11/h6,13-14H,2-5H2,1H3. The van der Waals surface area contributed by atoms with Gasteiger partial charge in [-0.25, -0.2) is 0 Å². The third-order valence-corrected chi connectivity index (χ3v) is 2.34. The molecule has 1 aliphatic rings. The molecule has 1 rings (SSSR count). The van der Waals surface area contributed by atoms with Crippen LogP contribution in [0.4, 0.5) is 13.2 Å². The summed E-state index contributed by atoms with van der Waals surface area (Å²) in [4.78, 5) is 1.41. The van der Waals surface area contributed by atoms with Gasteiger partial charge in [-0.2, -0.15) is 13.2 Å². The van der Waals surface area contributed by atoms with Crippen LogP contribution in [0.1, 0.15) is 13.3 Å². The predicted molar refractivity (Wildman–Crippen MR) is 43.7 cm³/mol. The highest BCUT2D eigenvalue weighted by Crippen LogP contribution is 2.24. The molecule has 84 valence electrons. The first-order valence-corrected chi connectivity index (χ1v) is 4.40. The van der Waals surface area contributed by atoms with Crippen LogP contribution in [0, 0.1) is 0 Å². The predicted octanol–water partition coefficient (Wildman–Crippen LogP) is 0.366. The van der Waals surface area contributed by atoms with E-state index in [-0.39, 0.29) is 6.54 Å². The second-order valence-corrected chi connectivity index (χ2v) is 4.04. The molecular weight excluding hydrogens is 199 g/mol. The fourth-order valence-corrected chi connectivity index (χ4v) is 1.54. The zero-order valence-corrected chi connectivity index (χ0v) is 7.88. The van der Waals surface area contributed by atoms with Crippen LogP contribution >= 0.6 is 0 Å². The van der Waals surface area contributed by atoms with Crippen LogP contribution in [0.3, 0.4) is 0 Å². The summed E-state index contributed by atoms with van der Waals surface area (Å²) in [6, 6.07) is 0. The Balaban J connectivity index is 2.40. The minimum Gasteiger partial charge on any atom is -0.389 e. The number of rotatable bonds is 2. The van der Waals surface area contributed by atoms with Crippen LogP contribution in [0.25, 0.3) is 0 Å². The highest BCUT2D eigenvalue weighted by Gasteiger charge is 2.41. The van der Waals surface area contributed by atoms with Gasteiger partial charge in [0.05, 0.1) is 5.60 Å². The third kappa shape index (κ3) is 3.11. The lowest BCUT2D eigenvalue weighted by Crippen LogP contribution is -2.41. The Bertz CT molecular complexity index is 205. The molecule has 1 heterocycles. The van der Waals surface area contributed by atoms with Crippen LogP contribution in [0.2, 0.25) is 0 Å². The summed E-state index contributed by atoms with van der Waals surface area (Å²) >= 11 is 0. The lowest BCUT2D eigenvalue weighted by atomic mass is 10.1. The molecule has 0 bridgehead atoms. The number of hydrogen-bond acceptors (Lipinski definition) is 3. The minimum absolute atomic E-state index is 0.181. The summed E-state index contributed by atoms with van der Waals surface area (Å²) in [5.74, 6) is 0. The summed E-state index contributed by atoms with van der Waals surface area (Å²) in [5, 5.41) is 18.2. The number of β-amino-alcohol motifs (C(OH)–C–C–N with tert-alkyl or cyclic N) is 2. The number of hydrogen-bond donors (Lipinski definition) is 2. The van der Waals surface area contributed by atoms with E-state index in [1.54, 1.807) is 6.92 Å². The zero-order valence-electron chi connectivity index (χ0n) is 7.88. The molecule has 0 spiro atoms. The van der Waals surface area contributed by atoms with Crippen LogP contribution in [0.5, 0.6) is 0 Å². The molecule has 3 nitrogen and oxygen atoms in total. The first-order chi connectivity index (χ1) is 6.21. The van der Waals surface area contributed by atoms with Crippen molar-refractivity contribution in [3.05, 3.63) is 0 Å². The lowest BCUT2D eigenvalue weighted by Gasteiger charge is -2.22. The Morgan fingerprint density at radius 2 is 2.07 bits per heavy atom. The molecule has 0 saturated carbocycles. The lowest BCUT2D eigenvalue weighted by molar-refractivity contribution is -0.207. The maximum Gasteiger partial charge on any atom is 0.415 e. The first-order valence-electron chi connectivity index (χ1n) is 4.40. The highest BCUT2D eigenvalue weighted by atomic mass is 19.4. The van der Waals surface area contributed by atoms with E-state index in [1.165, 1.54) is 4.90 Å². The molecule has 1 aliphatic heterocycles. The smallest absolute Gasteiger partial charge is 0.389 e. The molecule has 2 atom stereocenters. The van der Waals surface area contributed by atoms with Crippen molar-refractivity contribution >= 4 is 0 Å². The second-order valence-electron chi connectivity index (χ2n) is 4.04. The molecule has 1 fully saturated rings. The molecule has 6 heteroatoms. The topological polar surface area (TPSA) is 43.7 Å². The quantitative estimate of drug-likeness (QED) is 0.696. The molecule has 0 amide bonds.